The molecule has 1 aromatic heterocycles. The fourth-order valence-corrected chi connectivity index (χ4v) is 2.85. The van der Waals surface area contributed by atoms with E-state index in [1.165, 1.54) is 23.9 Å². The molecule has 0 aliphatic rings. The van der Waals surface area contributed by atoms with E-state index in [-0.39, 0.29) is 0 Å². The molecule has 0 aliphatic heterocycles. The third kappa shape index (κ3) is 4.35. The maximum atomic E-state index is 13.3. The Hall–Kier alpha value is -0.760. The molecule has 0 bridgehead atoms. The molecule has 0 aliphatic carbocycles. The van der Waals surface area contributed by atoms with Gasteiger partial charge in [-0.3, -0.25) is 0 Å². The van der Waals surface area contributed by atoms with E-state index in [9.17, 15) is 8.78 Å². The minimum atomic E-state index is -0.620. The van der Waals surface area contributed by atoms with Crippen LogP contribution in [0.3, 0.4) is 0 Å². The molecule has 112 valence electrons. The van der Waals surface area contributed by atoms with Crippen molar-refractivity contribution in [3.05, 3.63) is 51.8 Å². The highest BCUT2D eigenvalue weighted by atomic mass is 79.9. The molecule has 0 radical (unpaired) electrons. The van der Waals surface area contributed by atoms with E-state index < -0.39 is 17.7 Å². The van der Waals surface area contributed by atoms with Gasteiger partial charge in [-0.25, -0.2) is 23.6 Å². The Morgan fingerprint density at radius 3 is 2.57 bits per heavy atom. The maximum absolute atomic E-state index is 13.3. The lowest BCUT2D eigenvalue weighted by atomic mass is 10.0. The fourth-order valence-electron chi connectivity index (χ4n) is 1.86. The summed E-state index contributed by atoms with van der Waals surface area (Å²) in [5, 5.41) is 0.593. The number of hydrogen-bond acceptors (Lipinski definition) is 4. The number of aromatic nitrogens is 2. The lowest BCUT2D eigenvalue weighted by molar-refractivity contribution is 0.570. The molecule has 0 fully saturated rings. The largest absolute Gasteiger partial charge is 0.230 e. The van der Waals surface area contributed by atoms with Gasteiger partial charge >= 0.3 is 0 Å². The summed E-state index contributed by atoms with van der Waals surface area (Å²) in [5.41, 5.74) is 1.12. The van der Waals surface area contributed by atoms with E-state index in [0.717, 1.165) is 6.07 Å². The molecule has 0 unspecified atom stereocenters. The van der Waals surface area contributed by atoms with Crippen molar-refractivity contribution in [3.63, 3.8) is 0 Å². The minimum absolute atomic E-state index is 0.293. The predicted molar refractivity (Wildman–Crippen MR) is 83.3 cm³/mol. The second-order valence-corrected chi connectivity index (χ2v) is 6.08. The predicted octanol–water partition coefficient (Wildman–Crippen LogP) is 4.27. The highest BCUT2D eigenvalue weighted by molar-refractivity contribution is 9.10. The number of halogens is 4. The average molecular weight is 395 g/mol. The SMILES string of the molecule is CSc1ncc(Br)c([C@@H](Cc2cc(F)cc(F)c2)NCl)n1. The zero-order valence-electron chi connectivity index (χ0n) is 10.9. The summed E-state index contributed by atoms with van der Waals surface area (Å²) >= 11 is 10.5. The Kier molecular flexibility index (Phi) is 5.92. The van der Waals surface area contributed by atoms with Crippen molar-refractivity contribution >= 4 is 39.5 Å². The molecule has 2 rings (SSSR count). The Labute approximate surface area is 138 Å². The molecular formula is C13H11BrClF2N3S. The second-order valence-electron chi connectivity index (χ2n) is 4.23. The summed E-state index contributed by atoms with van der Waals surface area (Å²) < 4.78 is 27.2. The van der Waals surface area contributed by atoms with Crippen molar-refractivity contribution in [1.29, 1.82) is 0 Å². The molecule has 1 N–H and O–H groups in total. The standard InChI is InChI=1S/C13H11BrClF2N3S/c1-21-13-18-6-10(14)12(19-13)11(20-15)4-7-2-8(16)5-9(17)3-7/h2-3,5-6,11,20H,4H2,1H3/t11-/m1/s1. The van der Waals surface area contributed by atoms with Gasteiger partial charge in [0, 0.05) is 12.3 Å². The Morgan fingerprint density at radius 1 is 1.33 bits per heavy atom. The molecule has 21 heavy (non-hydrogen) atoms. The third-order valence-corrected chi connectivity index (χ3v) is 4.19. The molecule has 8 heteroatoms. The summed E-state index contributed by atoms with van der Waals surface area (Å²) in [6.45, 7) is 0. The normalized spacial score (nSPS) is 12.4. The summed E-state index contributed by atoms with van der Waals surface area (Å²) in [6.07, 6.45) is 3.78. The molecule has 0 spiro atoms. The van der Waals surface area contributed by atoms with E-state index in [4.69, 9.17) is 11.8 Å². The average Bonchev–Trinajstić information content (AvgIpc) is 2.44. The molecule has 3 nitrogen and oxygen atoms in total. The maximum Gasteiger partial charge on any atom is 0.187 e. The van der Waals surface area contributed by atoms with Crippen LogP contribution in [0.15, 0.2) is 34.0 Å². The van der Waals surface area contributed by atoms with Crippen LogP contribution in [0.5, 0.6) is 0 Å². The minimum Gasteiger partial charge on any atom is -0.230 e. The highest BCUT2D eigenvalue weighted by Crippen LogP contribution is 2.26. The van der Waals surface area contributed by atoms with Gasteiger partial charge < -0.3 is 0 Å². The Morgan fingerprint density at radius 2 is 2.00 bits per heavy atom. The molecule has 0 amide bonds. The number of hydrogen-bond donors (Lipinski definition) is 1. The summed E-state index contributed by atoms with van der Waals surface area (Å²) in [4.78, 5) is 11.1. The lowest BCUT2D eigenvalue weighted by Gasteiger charge is -2.16. The Bertz CT molecular complexity index is 625. The molecule has 2 aromatic rings. The molecule has 1 aromatic carbocycles. The molecule has 1 heterocycles. The van der Waals surface area contributed by atoms with Gasteiger partial charge in [0.05, 0.1) is 16.2 Å². The zero-order chi connectivity index (χ0) is 15.4. The first-order valence-electron chi connectivity index (χ1n) is 5.91. The van der Waals surface area contributed by atoms with Crippen molar-refractivity contribution in [2.75, 3.05) is 6.26 Å². The molecule has 0 saturated heterocycles. The van der Waals surface area contributed by atoms with Gasteiger partial charge in [-0.15, -0.1) is 0 Å². The van der Waals surface area contributed by atoms with Crippen molar-refractivity contribution in [1.82, 2.24) is 14.8 Å². The molecular weight excluding hydrogens is 384 g/mol. The van der Waals surface area contributed by atoms with E-state index >= 15 is 0 Å². The number of benzene rings is 1. The van der Waals surface area contributed by atoms with E-state index in [1.54, 1.807) is 6.20 Å². The van der Waals surface area contributed by atoms with Crippen LogP contribution in [0.1, 0.15) is 17.3 Å². The van der Waals surface area contributed by atoms with Gasteiger partial charge in [0.1, 0.15) is 11.6 Å². The first kappa shape index (κ1) is 16.6. The van der Waals surface area contributed by atoms with Crippen LogP contribution in [0.25, 0.3) is 0 Å². The van der Waals surface area contributed by atoms with Gasteiger partial charge in [-0.1, -0.05) is 11.8 Å². The monoisotopic (exact) mass is 393 g/mol. The van der Waals surface area contributed by atoms with E-state index in [2.05, 4.69) is 30.7 Å². The summed E-state index contributed by atoms with van der Waals surface area (Å²) in [7, 11) is 0. The third-order valence-electron chi connectivity index (χ3n) is 2.76. The smallest absolute Gasteiger partial charge is 0.187 e. The number of nitrogens with one attached hydrogen (secondary N) is 1. The highest BCUT2D eigenvalue weighted by Gasteiger charge is 2.18. The summed E-state index contributed by atoms with van der Waals surface area (Å²) in [5.74, 6) is -1.24. The van der Waals surface area contributed by atoms with Crippen molar-refractivity contribution in [3.8, 4) is 0 Å². The van der Waals surface area contributed by atoms with Crippen molar-refractivity contribution in [2.24, 2.45) is 0 Å². The van der Waals surface area contributed by atoms with Crippen LogP contribution in [0.2, 0.25) is 0 Å². The molecule has 0 saturated carbocycles. The zero-order valence-corrected chi connectivity index (χ0v) is 14.1. The first-order chi connectivity index (χ1) is 10.0. The van der Waals surface area contributed by atoms with Crippen LogP contribution in [0, 0.1) is 11.6 Å². The van der Waals surface area contributed by atoms with Crippen LogP contribution in [-0.4, -0.2) is 16.2 Å². The number of nitrogens with zero attached hydrogens (tertiary/aromatic N) is 2. The van der Waals surface area contributed by atoms with Crippen LogP contribution >= 0.6 is 39.5 Å². The van der Waals surface area contributed by atoms with Crippen LogP contribution < -0.4 is 4.84 Å². The van der Waals surface area contributed by atoms with Gasteiger partial charge in [-0.05, 0) is 58.1 Å². The van der Waals surface area contributed by atoms with Gasteiger partial charge in [0.25, 0.3) is 0 Å². The van der Waals surface area contributed by atoms with E-state index in [0.29, 0.717) is 27.3 Å². The number of thioether (sulfide) groups is 1. The topological polar surface area (TPSA) is 37.8 Å². The van der Waals surface area contributed by atoms with Gasteiger partial charge in [0.2, 0.25) is 0 Å². The van der Waals surface area contributed by atoms with Crippen molar-refractivity contribution in [2.45, 2.75) is 17.6 Å². The Balaban J connectivity index is 2.31. The quantitative estimate of drug-likeness (QED) is 0.467. The van der Waals surface area contributed by atoms with Gasteiger partial charge in [0.15, 0.2) is 5.16 Å². The first-order valence-corrected chi connectivity index (χ1v) is 8.30. The molecule has 1 atom stereocenters. The lowest BCUT2D eigenvalue weighted by Crippen LogP contribution is -2.17. The second kappa shape index (κ2) is 7.49. The number of rotatable bonds is 5. The fraction of sp³-hybridized carbons (Fsp3) is 0.231. The van der Waals surface area contributed by atoms with Crippen LogP contribution in [0.4, 0.5) is 8.78 Å². The van der Waals surface area contributed by atoms with Crippen LogP contribution in [-0.2, 0) is 6.42 Å². The van der Waals surface area contributed by atoms with E-state index in [1.807, 2.05) is 6.26 Å². The van der Waals surface area contributed by atoms with Crippen molar-refractivity contribution < 1.29 is 8.78 Å². The summed E-state index contributed by atoms with van der Waals surface area (Å²) in [6, 6.07) is 2.97. The van der Waals surface area contributed by atoms with Gasteiger partial charge in [-0.2, -0.15) is 0 Å².